The maximum atomic E-state index is 11.4. The number of carbonyl (C=O) groups is 1. The lowest BCUT2D eigenvalue weighted by molar-refractivity contribution is -0.120. The second kappa shape index (κ2) is 9.91. The van der Waals surface area contributed by atoms with Crippen LogP contribution in [0.15, 0.2) is 36.4 Å². The minimum absolute atomic E-state index is 0.152. The molecule has 1 N–H and O–H groups in total. The van der Waals surface area contributed by atoms with Gasteiger partial charge in [-0.2, -0.15) is 5.26 Å². The highest BCUT2D eigenvalue weighted by atomic mass is 35.5. The number of amides is 1. The summed E-state index contributed by atoms with van der Waals surface area (Å²) in [7, 11) is 1.58. The van der Waals surface area contributed by atoms with Crippen molar-refractivity contribution in [3.63, 3.8) is 0 Å². The average Bonchev–Trinajstić information content (AvgIpc) is 2.62. The van der Waals surface area contributed by atoms with Crippen LogP contribution in [0.2, 0.25) is 10.0 Å². The molecule has 0 heterocycles. The number of hydrogen-bond donors (Lipinski definition) is 1. The summed E-state index contributed by atoms with van der Waals surface area (Å²) in [6, 6.07) is 12.5. The first-order valence-corrected chi connectivity index (χ1v) is 8.66. The van der Waals surface area contributed by atoms with Crippen LogP contribution in [0.4, 0.5) is 0 Å². The van der Waals surface area contributed by atoms with Crippen molar-refractivity contribution in [3.05, 3.63) is 57.6 Å². The van der Waals surface area contributed by atoms with E-state index in [4.69, 9.17) is 37.9 Å². The van der Waals surface area contributed by atoms with E-state index in [2.05, 4.69) is 5.32 Å². The molecule has 7 heteroatoms. The molecule has 0 spiro atoms. The largest absolute Gasteiger partial charge is 0.497 e. The van der Waals surface area contributed by atoms with Crippen LogP contribution in [-0.2, 0) is 17.8 Å². The Morgan fingerprint density at radius 1 is 1.19 bits per heavy atom. The molecule has 0 aliphatic carbocycles. The van der Waals surface area contributed by atoms with E-state index in [1.54, 1.807) is 25.3 Å². The van der Waals surface area contributed by atoms with Gasteiger partial charge in [0.1, 0.15) is 24.5 Å². The molecule has 0 bridgehead atoms. The van der Waals surface area contributed by atoms with Gasteiger partial charge in [-0.3, -0.25) is 4.79 Å². The van der Waals surface area contributed by atoms with Crippen molar-refractivity contribution in [1.82, 2.24) is 5.32 Å². The number of benzene rings is 2. The first-order chi connectivity index (χ1) is 12.5. The monoisotopic (exact) mass is 392 g/mol. The Morgan fingerprint density at radius 2 is 1.96 bits per heavy atom. The Labute approximate surface area is 162 Å². The molecule has 0 radical (unpaired) electrons. The van der Waals surface area contributed by atoms with Crippen LogP contribution in [0.5, 0.6) is 11.5 Å². The molecule has 0 unspecified atom stereocenters. The number of carbonyl (C=O) groups excluding carboxylic acids is 1. The molecule has 2 aromatic carbocycles. The molecule has 2 aromatic rings. The van der Waals surface area contributed by atoms with Crippen molar-refractivity contribution in [2.75, 3.05) is 13.7 Å². The quantitative estimate of drug-likeness (QED) is 0.731. The van der Waals surface area contributed by atoms with Crippen LogP contribution in [-0.4, -0.2) is 19.6 Å². The Morgan fingerprint density at radius 3 is 2.65 bits per heavy atom. The summed E-state index contributed by atoms with van der Waals surface area (Å²) in [5.74, 6) is 1.01. The second-order valence-electron chi connectivity index (χ2n) is 5.43. The number of nitrogens with zero attached hydrogens (tertiary/aromatic N) is 1. The fraction of sp³-hybridized carbons (Fsp3) is 0.263. The van der Waals surface area contributed by atoms with Crippen LogP contribution in [0.25, 0.3) is 0 Å². The molecule has 0 aromatic heterocycles. The van der Waals surface area contributed by atoms with Crippen molar-refractivity contribution in [2.45, 2.75) is 19.4 Å². The van der Waals surface area contributed by atoms with Gasteiger partial charge >= 0.3 is 0 Å². The van der Waals surface area contributed by atoms with E-state index in [0.717, 1.165) is 11.1 Å². The molecule has 0 aliphatic rings. The summed E-state index contributed by atoms with van der Waals surface area (Å²) in [5.41, 5.74) is 1.72. The zero-order chi connectivity index (χ0) is 18.9. The minimum Gasteiger partial charge on any atom is -0.497 e. The summed E-state index contributed by atoms with van der Waals surface area (Å²) >= 11 is 12.1. The standard InChI is InChI=1S/C19H18Cl2N2O3/c1-25-16-5-3-13(7-9-23-19(24)6-8-22)18(11-16)26-12-14-2-4-15(20)10-17(14)21/h2-5,10-11H,6-7,9,12H2,1H3,(H,23,24). The Bertz CT molecular complexity index is 819. The Kier molecular flexibility index (Phi) is 7.58. The van der Waals surface area contributed by atoms with Crippen LogP contribution < -0.4 is 14.8 Å². The molecule has 1 amide bonds. The summed E-state index contributed by atoms with van der Waals surface area (Å²) in [5, 5.41) is 12.3. The van der Waals surface area contributed by atoms with Gasteiger partial charge in [-0.05, 0) is 30.2 Å². The predicted molar refractivity (Wildman–Crippen MR) is 101 cm³/mol. The van der Waals surface area contributed by atoms with E-state index < -0.39 is 0 Å². The van der Waals surface area contributed by atoms with E-state index in [1.807, 2.05) is 24.3 Å². The van der Waals surface area contributed by atoms with Gasteiger partial charge in [0.25, 0.3) is 0 Å². The number of hydrogen-bond acceptors (Lipinski definition) is 4. The molecule has 0 fully saturated rings. The smallest absolute Gasteiger partial charge is 0.234 e. The molecule has 0 atom stereocenters. The molecule has 26 heavy (non-hydrogen) atoms. The number of nitriles is 1. The van der Waals surface area contributed by atoms with Gasteiger partial charge in [0.15, 0.2) is 0 Å². The predicted octanol–water partition coefficient (Wildman–Crippen LogP) is 4.15. The summed E-state index contributed by atoms with van der Waals surface area (Å²) < 4.78 is 11.2. The molecular formula is C19H18Cl2N2O3. The Balaban J connectivity index is 2.07. The number of halogens is 2. The highest BCUT2D eigenvalue weighted by Gasteiger charge is 2.09. The Hall–Kier alpha value is -2.42. The van der Waals surface area contributed by atoms with Gasteiger partial charge < -0.3 is 14.8 Å². The van der Waals surface area contributed by atoms with Crippen molar-refractivity contribution in [2.24, 2.45) is 0 Å². The molecular weight excluding hydrogens is 375 g/mol. The molecule has 0 saturated carbocycles. The van der Waals surface area contributed by atoms with E-state index in [0.29, 0.717) is 34.5 Å². The van der Waals surface area contributed by atoms with Crippen molar-refractivity contribution in [3.8, 4) is 17.6 Å². The third-order valence-electron chi connectivity index (χ3n) is 3.63. The average molecular weight is 393 g/mol. The van der Waals surface area contributed by atoms with Crippen LogP contribution in [0.3, 0.4) is 0 Å². The lowest BCUT2D eigenvalue weighted by Gasteiger charge is -2.14. The molecule has 2 rings (SSSR count). The maximum Gasteiger partial charge on any atom is 0.234 e. The van der Waals surface area contributed by atoms with Gasteiger partial charge in [-0.15, -0.1) is 0 Å². The number of nitrogens with one attached hydrogen (secondary N) is 1. The van der Waals surface area contributed by atoms with Gasteiger partial charge in [-0.1, -0.05) is 35.3 Å². The van der Waals surface area contributed by atoms with E-state index >= 15 is 0 Å². The van der Waals surface area contributed by atoms with Crippen LogP contribution in [0.1, 0.15) is 17.5 Å². The van der Waals surface area contributed by atoms with Gasteiger partial charge in [0, 0.05) is 28.2 Å². The number of rotatable bonds is 8. The van der Waals surface area contributed by atoms with Crippen LogP contribution in [0, 0.1) is 11.3 Å². The highest BCUT2D eigenvalue weighted by molar-refractivity contribution is 6.35. The van der Waals surface area contributed by atoms with E-state index in [-0.39, 0.29) is 18.9 Å². The van der Waals surface area contributed by atoms with Gasteiger partial charge in [0.05, 0.1) is 13.2 Å². The lowest BCUT2D eigenvalue weighted by atomic mass is 10.1. The third-order valence-corrected chi connectivity index (χ3v) is 4.22. The van der Waals surface area contributed by atoms with E-state index in [9.17, 15) is 4.79 Å². The number of ether oxygens (including phenoxy) is 2. The third kappa shape index (κ3) is 5.83. The molecule has 136 valence electrons. The normalized spacial score (nSPS) is 10.1. The number of methoxy groups -OCH3 is 1. The van der Waals surface area contributed by atoms with Crippen molar-refractivity contribution < 1.29 is 14.3 Å². The topological polar surface area (TPSA) is 71.3 Å². The van der Waals surface area contributed by atoms with Crippen molar-refractivity contribution >= 4 is 29.1 Å². The maximum absolute atomic E-state index is 11.4. The summed E-state index contributed by atoms with van der Waals surface area (Å²) in [6.45, 7) is 0.682. The SMILES string of the molecule is COc1ccc(CCNC(=O)CC#N)c(OCc2ccc(Cl)cc2Cl)c1. The van der Waals surface area contributed by atoms with Gasteiger partial charge in [0.2, 0.25) is 5.91 Å². The first-order valence-electron chi connectivity index (χ1n) is 7.90. The zero-order valence-corrected chi connectivity index (χ0v) is 15.7. The molecule has 0 saturated heterocycles. The van der Waals surface area contributed by atoms with Crippen LogP contribution >= 0.6 is 23.2 Å². The second-order valence-corrected chi connectivity index (χ2v) is 6.28. The zero-order valence-electron chi connectivity index (χ0n) is 14.2. The molecule has 5 nitrogen and oxygen atoms in total. The fourth-order valence-electron chi connectivity index (χ4n) is 2.27. The minimum atomic E-state index is -0.295. The van der Waals surface area contributed by atoms with E-state index in [1.165, 1.54) is 0 Å². The highest BCUT2D eigenvalue weighted by Crippen LogP contribution is 2.28. The summed E-state index contributed by atoms with van der Waals surface area (Å²) in [4.78, 5) is 11.4. The summed E-state index contributed by atoms with van der Waals surface area (Å²) in [6.07, 6.45) is 0.409. The van der Waals surface area contributed by atoms with Gasteiger partial charge in [-0.25, -0.2) is 0 Å². The molecule has 0 aliphatic heterocycles. The fourth-order valence-corrected chi connectivity index (χ4v) is 2.73. The first kappa shape index (κ1) is 19.9. The van der Waals surface area contributed by atoms with Crippen molar-refractivity contribution in [1.29, 1.82) is 5.26 Å². The lowest BCUT2D eigenvalue weighted by Crippen LogP contribution is -2.25.